The molecule has 0 unspecified atom stereocenters. The minimum atomic E-state index is 0.00314. The van der Waals surface area contributed by atoms with Crippen molar-refractivity contribution in [3.05, 3.63) is 40.4 Å². The number of nitrogens with two attached hydrogens (primary N) is 1. The van der Waals surface area contributed by atoms with Crippen LogP contribution in [0.2, 0.25) is 0 Å². The highest BCUT2D eigenvalue weighted by Gasteiger charge is 2.25. The van der Waals surface area contributed by atoms with Crippen LogP contribution in [0.25, 0.3) is 0 Å². The fourth-order valence-electron chi connectivity index (χ4n) is 3.06. The SMILES string of the molecule is Nc1nc(NCC2CC2)cc(N2CCO[C@@H](c3ccccc3Br)C2)n1. The number of ether oxygens (including phenoxy) is 1. The zero-order valence-electron chi connectivity index (χ0n) is 14.0. The van der Waals surface area contributed by atoms with E-state index in [1.807, 2.05) is 24.3 Å². The molecule has 1 atom stereocenters. The summed E-state index contributed by atoms with van der Waals surface area (Å²) in [4.78, 5) is 11.0. The molecule has 2 aromatic rings. The van der Waals surface area contributed by atoms with Gasteiger partial charge in [0.15, 0.2) is 0 Å². The first-order chi connectivity index (χ1) is 12.2. The van der Waals surface area contributed by atoms with E-state index in [1.54, 1.807) is 0 Å². The maximum atomic E-state index is 5.98. The Morgan fingerprint density at radius 1 is 1.28 bits per heavy atom. The summed E-state index contributed by atoms with van der Waals surface area (Å²) in [6, 6.07) is 10.2. The van der Waals surface area contributed by atoms with Crippen LogP contribution in [0.5, 0.6) is 0 Å². The summed E-state index contributed by atoms with van der Waals surface area (Å²) in [6.45, 7) is 3.14. The number of benzene rings is 1. The van der Waals surface area contributed by atoms with Crippen molar-refractivity contribution < 1.29 is 4.74 Å². The van der Waals surface area contributed by atoms with E-state index in [0.717, 1.165) is 47.2 Å². The molecule has 6 nitrogen and oxygen atoms in total. The van der Waals surface area contributed by atoms with Gasteiger partial charge in [0.25, 0.3) is 0 Å². The quantitative estimate of drug-likeness (QED) is 0.797. The fraction of sp³-hybridized carbons (Fsp3) is 0.444. The molecule has 4 rings (SSSR count). The minimum Gasteiger partial charge on any atom is -0.370 e. The summed E-state index contributed by atoms with van der Waals surface area (Å²) in [5.74, 6) is 2.74. The van der Waals surface area contributed by atoms with Gasteiger partial charge in [-0.15, -0.1) is 0 Å². The summed E-state index contributed by atoms with van der Waals surface area (Å²) in [7, 11) is 0. The molecular formula is C18H22BrN5O. The number of anilines is 3. The lowest BCUT2D eigenvalue weighted by Crippen LogP contribution is -2.39. The number of hydrogen-bond donors (Lipinski definition) is 2. The summed E-state index contributed by atoms with van der Waals surface area (Å²) in [6.07, 6.45) is 2.61. The van der Waals surface area contributed by atoms with Crippen LogP contribution in [0.3, 0.4) is 0 Å². The number of nitrogens with one attached hydrogen (secondary N) is 1. The lowest BCUT2D eigenvalue weighted by Gasteiger charge is -2.34. The molecule has 1 aromatic carbocycles. The smallest absolute Gasteiger partial charge is 0.223 e. The molecule has 0 spiro atoms. The third-order valence-corrected chi connectivity index (χ3v) is 5.36. The molecule has 2 fully saturated rings. The number of aromatic nitrogens is 2. The van der Waals surface area contributed by atoms with Gasteiger partial charge in [-0.1, -0.05) is 34.1 Å². The van der Waals surface area contributed by atoms with E-state index in [9.17, 15) is 0 Å². The minimum absolute atomic E-state index is 0.00314. The first kappa shape index (κ1) is 16.6. The van der Waals surface area contributed by atoms with Crippen LogP contribution in [-0.2, 0) is 4.74 Å². The second-order valence-electron chi connectivity index (χ2n) is 6.62. The zero-order valence-corrected chi connectivity index (χ0v) is 15.6. The van der Waals surface area contributed by atoms with Crippen molar-refractivity contribution in [2.45, 2.75) is 18.9 Å². The van der Waals surface area contributed by atoms with Gasteiger partial charge in [-0.25, -0.2) is 0 Å². The number of nitrogen functional groups attached to an aromatic ring is 1. The van der Waals surface area contributed by atoms with Gasteiger partial charge in [0.2, 0.25) is 5.95 Å². The maximum absolute atomic E-state index is 5.98. The van der Waals surface area contributed by atoms with E-state index in [1.165, 1.54) is 12.8 Å². The lowest BCUT2D eigenvalue weighted by molar-refractivity contribution is 0.0391. The van der Waals surface area contributed by atoms with E-state index < -0.39 is 0 Å². The Morgan fingerprint density at radius 2 is 2.12 bits per heavy atom. The fourth-order valence-corrected chi connectivity index (χ4v) is 3.60. The molecule has 1 aromatic heterocycles. The summed E-state index contributed by atoms with van der Waals surface area (Å²) >= 11 is 3.62. The van der Waals surface area contributed by atoms with E-state index in [2.05, 4.69) is 42.2 Å². The van der Waals surface area contributed by atoms with Crippen LogP contribution >= 0.6 is 15.9 Å². The van der Waals surface area contributed by atoms with E-state index >= 15 is 0 Å². The van der Waals surface area contributed by atoms with Crippen molar-refractivity contribution in [2.75, 3.05) is 42.2 Å². The molecule has 2 heterocycles. The molecule has 25 heavy (non-hydrogen) atoms. The molecule has 1 saturated heterocycles. The molecule has 3 N–H and O–H groups in total. The molecule has 0 amide bonds. The highest BCUT2D eigenvalue weighted by Crippen LogP contribution is 2.31. The highest BCUT2D eigenvalue weighted by molar-refractivity contribution is 9.10. The monoisotopic (exact) mass is 403 g/mol. The van der Waals surface area contributed by atoms with Crippen molar-refractivity contribution in [3.8, 4) is 0 Å². The highest BCUT2D eigenvalue weighted by atomic mass is 79.9. The number of halogens is 1. The van der Waals surface area contributed by atoms with Crippen LogP contribution < -0.4 is 16.0 Å². The molecule has 0 radical (unpaired) electrons. The molecule has 2 aliphatic rings. The molecule has 0 bridgehead atoms. The normalized spacial score (nSPS) is 20.5. The van der Waals surface area contributed by atoms with Crippen LogP contribution in [0.4, 0.5) is 17.6 Å². The van der Waals surface area contributed by atoms with Gasteiger partial charge in [-0.3, -0.25) is 0 Å². The van der Waals surface area contributed by atoms with Crippen LogP contribution in [0, 0.1) is 5.92 Å². The summed E-state index contributed by atoms with van der Waals surface area (Å²) in [5, 5.41) is 3.38. The molecule has 1 aliphatic carbocycles. The molecule has 7 heteroatoms. The van der Waals surface area contributed by atoms with E-state index in [0.29, 0.717) is 12.6 Å². The largest absolute Gasteiger partial charge is 0.370 e. The van der Waals surface area contributed by atoms with Crippen molar-refractivity contribution in [2.24, 2.45) is 5.92 Å². The zero-order chi connectivity index (χ0) is 17.2. The van der Waals surface area contributed by atoms with Gasteiger partial charge in [0.1, 0.15) is 17.7 Å². The average Bonchev–Trinajstić information content (AvgIpc) is 3.44. The molecule has 132 valence electrons. The third kappa shape index (κ3) is 4.04. The standard InChI is InChI=1S/C18H22BrN5O/c19-14-4-2-1-3-13(14)15-11-24(7-8-25-15)17-9-16(22-18(20)23-17)21-10-12-5-6-12/h1-4,9,12,15H,5-8,10-11H2,(H3,20,21,22,23)/t15-/m1/s1. The van der Waals surface area contributed by atoms with E-state index in [-0.39, 0.29) is 6.10 Å². The van der Waals surface area contributed by atoms with Gasteiger partial charge in [0, 0.05) is 30.2 Å². The lowest BCUT2D eigenvalue weighted by atomic mass is 10.1. The van der Waals surface area contributed by atoms with Gasteiger partial charge in [-0.05, 0) is 30.4 Å². The predicted octanol–water partition coefficient (Wildman–Crippen LogP) is 3.22. The van der Waals surface area contributed by atoms with Crippen molar-refractivity contribution >= 4 is 33.5 Å². The van der Waals surface area contributed by atoms with Crippen molar-refractivity contribution in [3.63, 3.8) is 0 Å². The Balaban J connectivity index is 1.51. The van der Waals surface area contributed by atoms with Crippen LogP contribution in [0.1, 0.15) is 24.5 Å². The van der Waals surface area contributed by atoms with Crippen molar-refractivity contribution in [1.29, 1.82) is 0 Å². The Morgan fingerprint density at radius 3 is 2.92 bits per heavy atom. The number of hydrogen-bond acceptors (Lipinski definition) is 6. The second-order valence-corrected chi connectivity index (χ2v) is 7.48. The first-order valence-electron chi connectivity index (χ1n) is 8.68. The topological polar surface area (TPSA) is 76.3 Å². The van der Waals surface area contributed by atoms with Gasteiger partial charge < -0.3 is 20.7 Å². The Hall–Kier alpha value is -1.86. The maximum Gasteiger partial charge on any atom is 0.223 e. The molecule has 1 aliphatic heterocycles. The van der Waals surface area contributed by atoms with Crippen molar-refractivity contribution in [1.82, 2.24) is 9.97 Å². The molecular weight excluding hydrogens is 382 g/mol. The Bertz CT molecular complexity index is 752. The first-order valence-corrected chi connectivity index (χ1v) is 9.48. The number of nitrogens with zero attached hydrogens (tertiary/aromatic N) is 3. The Kier molecular flexibility index (Phi) is 4.76. The second kappa shape index (κ2) is 7.17. The summed E-state index contributed by atoms with van der Waals surface area (Å²) < 4.78 is 7.05. The number of rotatable bonds is 5. The number of morpholine rings is 1. The average molecular weight is 404 g/mol. The van der Waals surface area contributed by atoms with E-state index in [4.69, 9.17) is 10.5 Å². The predicted molar refractivity (Wildman–Crippen MR) is 103 cm³/mol. The summed E-state index contributed by atoms with van der Waals surface area (Å²) in [5.41, 5.74) is 7.08. The molecule has 1 saturated carbocycles. The third-order valence-electron chi connectivity index (χ3n) is 4.64. The van der Waals surface area contributed by atoms with Crippen LogP contribution in [-0.4, -0.2) is 36.2 Å². The van der Waals surface area contributed by atoms with Gasteiger partial charge in [-0.2, -0.15) is 9.97 Å². The van der Waals surface area contributed by atoms with Gasteiger partial charge in [0.05, 0.1) is 6.61 Å². The van der Waals surface area contributed by atoms with Crippen LogP contribution in [0.15, 0.2) is 34.8 Å². The Labute approximate surface area is 155 Å². The van der Waals surface area contributed by atoms with Gasteiger partial charge >= 0.3 is 0 Å².